The quantitative estimate of drug-likeness (QED) is 0.360. The first-order valence-corrected chi connectivity index (χ1v) is 10.4. The van der Waals surface area contributed by atoms with Gasteiger partial charge in [0, 0.05) is 5.69 Å². The summed E-state index contributed by atoms with van der Waals surface area (Å²) in [6.45, 7) is 3.53. The van der Waals surface area contributed by atoms with E-state index >= 15 is 0 Å². The third-order valence-electron chi connectivity index (χ3n) is 5.31. The Hall–Kier alpha value is -4.19. The molecule has 0 saturated heterocycles. The van der Waals surface area contributed by atoms with Crippen LogP contribution in [0.15, 0.2) is 101 Å². The van der Waals surface area contributed by atoms with E-state index in [-0.39, 0.29) is 11.5 Å². The Labute approximate surface area is 186 Å². The molecule has 1 heterocycles. The van der Waals surface area contributed by atoms with E-state index in [1.807, 2.05) is 97.9 Å². The second kappa shape index (κ2) is 9.31. The van der Waals surface area contributed by atoms with Gasteiger partial charge in [0.1, 0.15) is 0 Å². The van der Waals surface area contributed by atoms with Gasteiger partial charge in [-0.05, 0) is 37.1 Å². The number of hydrazone groups is 1. The smallest absolute Gasteiger partial charge is 0.280 e. The SMILES string of the molecule is CC(=NNC(=O)C(c1ccccc1)c1ccccc1)c1c(C)[nH]n(-c2ccccc2)c1=O. The number of H-pyrrole nitrogens is 1. The maximum absolute atomic E-state index is 13.2. The predicted octanol–water partition coefficient (Wildman–Crippen LogP) is 4.15. The number of amides is 1. The highest BCUT2D eigenvalue weighted by Crippen LogP contribution is 2.24. The molecule has 4 aromatic rings. The van der Waals surface area contributed by atoms with Crippen LogP contribution < -0.4 is 11.0 Å². The molecule has 6 heteroatoms. The molecule has 1 amide bonds. The molecular weight excluding hydrogens is 400 g/mol. The molecule has 0 atom stereocenters. The van der Waals surface area contributed by atoms with Crippen LogP contribution in [0.3, 0.4) is 0 Å². The topological polar surface area (TPSA) is 79.2 Å². The van der Waals surface area contributed by atoms with Crippen LogP contribution >= 0.6 is 0 Å². The minimum Gasteiger partial charge on any atom is -0.295 e. The number of aromatic amines is 1. The number of para-hydroxylation sites is 1. The molecule has 0 aliphatic rings. The fourth-order valence-corrected chi connectivity index (χ4v) is 3.78. The molecular formula is C26H24N4O2. The number of hydrogen-bond donors (Lipinski definition) is 2. The summed E-state index contributed by atoms with van der Waals surface area (Å²) in [6.07, 6.45) is 0. The maximum Gasteiger partial charge on any atom is 0.280 e. The van der Waals surface area contributed by atoms with Crippen molar-refractivity contribution in [1.82, 2.24) is 15.2 Å². The second-order valence-electron chi connectivity index (χ2n) is 7.52. The van der Waals surface area contributed by atoms with Crippen LogP contribution in [-0.2, 0) is 4.79 Å². The molecule has 32 heavy (non-hydrogen) atoms. The predicted molar refractivity (Wildman–Crippen MR) is 126 cm³/mol. The number of hydrogen-bond acceptors (Lipinski definition) is 3. The van der Waals surface area contributed by atoms with Gasteiger partial charge in [0.05, 0.1) is 22.9 Å². The minimum atomic E-state index is -0.512. The number of carbonyl (C=O) groups is 1. The maximum atomic E-state index is 13.2. The van der Waals surface area contributed by atoms with Gasteiger partial charge in [0.2, 0.25) is 0 Å². The highest BCUT2D eigenvalue weighted by atomic mass is 16.2. The van der Waals surface area contributed by atoms with Crippen molar-refractivity contribution in [3.8, 4) is 5.69 Å². The molecule has 3 aromatic carbocycles. The zero-order valence-electron chi connectivity index (χ0n) is 17.9. The first-order chi connectivity index (χ1) is 15.6. The van der Waals surface area contributed by atoms with Gasteiger partial charge in [-0.25, -0.2) is 10.1 Å². The highest BCUT2D eigenvalue weighted by molar-refractivity contribution is 6.00. The summed E-state index contributed by atoms with van der Waals surface area (Å²) in [4.78, 5) is 26.2. The number of nitrogens with zero attached hydrogens (tertiary/aromatic N) is 2. The zero-order valence-corrected chi connectivity index (χ0v) is 17.9. The molecule has 0 aliphatic heterocycles. The molecule has 2 N–H and O–H groups in total. The Morgan fingerprint density at radius 2 is 1.38 bits per heavy atom. The molecule has 160 valence electrons. The summed E-state index contributed by atoms with van der Waals surface area (Å²) in [5, 5.41) is 7.36. The number of carbonyl (C=O) groups excluding carboxylic acids is 1. The zero-order chi connectivity index (χ0) is 22.5. The lowest BCUT2D eigenvalue weighted by Crippen LogP contribution is -2.28. The summed E-state index contributed by atoms with van der Waals surface area (Å²) in [7, 11) is 0. The number of rotatable bonds is 6. The fourth-order valence-electron chi connectivity index (χ4n) is 3.78. The van der Waals surface area contributed by atoms with Crippen molar-refractivity contribution in [1.29, 1.82) is 0 Å². The third-order valence-corrected chi connectivity index (χ3v) is 5.31. The molecule has 0 saturated carbocycles. The van der Waals surface area contributed by atoms with Crippen molar-refractivity contribution in [3.63, 3.8) is 0 Å². The summed E-state index contributed by atoms with van der Waals surface area (Å²) in [5.41, 5.74) is 6.47. The fraction of sp³-hybridized carbons (Fsp3) is 0.115. The Kier molecular flexibility index (Phi) is 6.12. The van der Waals surface area contributed by atoms with E-state index in [1.165, 1.54) is 4.68 Å². The van der Waals surface area contributed by atoms with Crippen LogP contribution in [-0.4, -0.2) is 21.4 Å². The summed E-state index contributed by atoms with van der Waals surface area (Å²) in [5.74, 6) is -0.777. The third kappa shape index (κ3) is 4.30. The number of benzene rings is 3. The molecule has 0 bridgehead atoms. The molecule has 0 fully saturated rings. The lowest BCUT2D eigenvalue weighted by molar-refractivity contribution is -0.121. The lowest BCUT2D eigenvalue weighted by Gasteiger charge is -2.16. The van der Waals surface area contributed by atoms with Crippen LogP contribution in [0.1, 0.15) is 35.2 Å². The largest absolute Gasteiger partial charge is 0.295 e. The van der Waals surface area contributed by atoms with Gasteiger partial charge in [-0.1, -0.05) is 78.9 Å². The van der Waals surface area contributed by atoms with Gasteiger partial charge in [0.25, 0.3) is 11.5 Å². The first-order valence-electron chi connectivity index (χ1n) is 10.4. The molecule has 6 nitrogen and oxygen atoms in total. The van der Waals surface area contributed by atoms with Gasteiger partial charge in [-0.15, -0.1) is 0 Å². The highest BCUT2D eigenvalue weighted by Gasteiger charge is 2.23. The van der Waals surface area contributed by atoms with Crippen molar-refractivity contribution in [3.05, 3.63) is 124 Å². The van der Waals surface area contributed by atoms with Crippen LogP contribution in [0.2, 0.25) is 0 Å². The standard InChI is InChI=1S/C26H24N4O2/c1-18(23-19(2)29-30(26(23)32)22-16-10-5-11-17-22)27-28-25(31)24(20-12-6-3-7-13-20)21-14-8-4-9-15-21/h3-17,24,29H,1-2H3,(H,28,31). The molecule has 4 rings (SSSR count). The molecule has 0 spiro atoms. The van der Waals surface area contributed by atoms with E-state index in [1.54, 1.807) is 6.92 Å². The second-order valence-corrected chi connectivity index (χ2v) is 7.52. The van der Waals surface area contributed by atoms with Crippen LogP contribution in [0.25, 0.3) is 5.69 Å². The molecule has 0 unspecified atom stereocenters. The molecule has 0 radical (unpaired) electrons. The van der Waals surface area contributed by atoms with Gasteiger partial charge >= 0.3 is 0 Å². The summed E-state index contributed by atoms with van der Waals surface area (Å²) >= 11 is 0. The van der Waals surface area contributed by atoms with E-state index in [0.717, 1.165) is 16.8 Å². The number of nitrogens with one attached hydrogen (secondary N) is 2. The van der Waals surface area contributed by atoms with Gasteiger partial charge in [-0.3, -0.25) is 14.7 Å². The van der Waals surface area contributed by atoms with Crippen molar-refractivity contribution in [2.24, 2.45) is 5.10 Å². The van der Waals surface area contributed by atoms with E-state index in [9.17, 15) is 9.59 Å². The normalized spacial score (nSPS) is 11.5. The lowest BCUT2D eigenvalue weighted by atomic mass is 9.91. The van der Waals surface area contributed by atoms with Gasteiger partial charge in [0.15, 0.2) is 0 Å². The van der Waals surface area contributed by atoms with E-state index in [2.05, 4.69) is 15.6 Å². The Balaban J connectivity index is 1.63. The van der Waals surface area contributed by atoms with E-state index < -0.39 is 5.92 Å². The van der Waals surface area contributed by atoms with Crippen LogP contribution in [0.4, 0.5) is 0 Å². The Morgan fingerprint density at radius 3 is 1.91 bits per heavy atom. The van der Waals surface area contributed by atoms with Crippen molar-refractivity contribution < 1.29 is 4.79 Å². The average molecular weight is 425 g/mol. The van der Waals surface area contributed by atoms with Gasteiger partial charge < -0.3 is 0 Å². The first kappa shape index (κ1) is 21.1. The average Bonchev–Trinajstić information content (AvgIpc) is 3.13. The number of aromatic nitrogens is 2. The Bertz CT molecular complexity index is 1250. The molecule has 0 aliphatic carbocycles. The van der Waals surface area contributed by atoms with Gasteiger partial charge in [-0.2, -0.15) is 5.10 Å². The number of aryl methyl sites for hydroxylation is 1. The summed E-state index contributed by atoms with van der Waals surface area (Å²) in [6, 6.07) is 28.4. The van der Waals surface area contributed by atoms with Crippen LogP contribution in [0, 0.1) is 6.92 Å². The van der Waals surface area contributed by atoms with Crippen molar-refractivity contribution >= 4 is 11.6 Å². The van der Waals surface area contributed by atoms with E-state index in [4.69, 9.17) is 0 Å². The van der Waals surface area contributed by atoms with Crippen molar-refractivity contribution in [2.75, 3.05) is 0 Å². The molecule has 1 aromatic heterocycles. The minimum absolute atomic E-state index is 0.216. The summed E-state index contributed by atoms with van der Waals surface area (Å²) < 4.78 is 1.47. The monoisotopic (exact) mass is 424 g/mol. The Morgan fingerprint density at radius 1 is 0.875 bits per heavy atom. The van der Waals surface area contributed by atoms with Crippen LogP contribution in [0.5, 0.6) is 0 Å². The van der Waals surface area contributed by atoms with Crippen molar-refractivity contribution in [2.45, 2.75) is 19.8 Å². The van der Waals surface area contributed by atoms with E-state index in [0.29, 0.717) is 17.0 Å².